The Balaban J connectivity index is 1.72. The van der Waals surface area contributed by atoms with Crippen LogP contribution in [-0.4, -0.2) is 45.1 Å². The minimum absolute atomic E-state index is 0.180. The van der Waals surface area contributed by atoms with E-state index in [0.29, 0.717) is 13.0 Å². The van der Waals surface area contributed by atoms with Crippen LogP contribution in [0.2, 0.25) is 0 Å². The Morgan fingerprint density at radius 1 is 1.44 bits per heavy atom. The number of piperidine rings is 1. The van der Waals surface area contributed by atoms with E-state index in [1.807, 2.05) is 10.8 Å². The number of nitrogens with zero attached hydrogens (tertiary/aromatic N) is 5. The molecule has 0 bridgehead atoms. The Morgan fingerprint density at radius 2 is 2.32 bits per heavy atom. The second kappa shape index (κ2) is 8.40. The average Bonchev–Trinajstić information content (AvgIpc) is 3.21. The van der Waals surface area contributed by atoms with Gasteiger partial charge in [-0.1, -0.05) is 17.7 Å². The molecule has 2 aromatic rings. The summed E-state index contributed by atoms with van der Waals surface area (Å²) in [5.41, 5.74) is 2.31. The molecule has 0 amide bonds. The van der Waals surface area contributed by atoms with Gasteiger partial charge in [-0.25, -0.2) is 0 Å². The molecule has 1 aliphatic heterocycles. The summed E-state index contributed by atoms with van der Waals surface area (Å²) in [6.45, 7) is 9.06. The van der Waals surface area contributed by atoms with E-state index in [1.54, 1.807) is 7.11 Å². The summed E-state index contributed by atoms with van der Waals surface area (Å²) in [6.07, 6.45) is 8.08. The summed E-state index contributed by atoms with van der Waals surface area (Å²) in [6, 6.07) is 0.180. The lowest BCUT2D eigenvalue weighted by molar-refractivity contribution is 0.111. The maximum atomic E-state index is 5.55. The minimum Gasteiger partial charge on any atom is -0.384 e. The molecular weight excluding hydrogens is 318 g/mol. The quantitative estimate of drug-likeness (QED) is 0.685. The van der Waals surface area contributed by atoms with Gasteiger partial charge in [-0.3, -0.25) is 9.58 Å². The number of ether oxygens (including phenoxy) is 1. The lowest BCUT2D eigenvalue weighted by atomic mass is 10.0. The normalized spacial score (nSPS) is 18.6. The van der Waals surface area contributed by atoms with E-state index in [9.17, 15) is 0 Å². The third-order valence-electron chi connectivity index (χ3n) is 4.65. The molecule has 0 radical (unpaired) electrons. The van der Waals surface area contributed by atoms with Crippen molar-refractivity contribution in [3.05, 3.63) is 41.8 Å². The summed E-state index contributed by atoms with van der Waals surface area (Å²) in [4.78, 5) is 7.02. The number of aromatic nitrogens is 4. The van der Waals surface area contributed by atoms with E-state index in [2.05, 4.69) is 39.8 Å². The smallest absolute Gasteiger partial charge is 0.244 e. The molecule has 7 heteroatoms. The maximum Gasteiger partial charge on any atom is 0.244 e. The van der Waals surface area contributed by atoms with E-state index >= 15 is 0 Å². The van der Waals surface area contributed by atoms with E-state index in [0.717, 1.165) is 43.5 Å². The fourth-order valence-electron chi connectivity index (χ4n) is 3.32. The average molecular weight is 345 g/mol. The van der Waals surface area contributed by atoms with Gasteiger partial charge in [0.05, 0.1) is 24.9 Å². The maximum absolute atomic E-state index is 5.55. The highest BCUT2D eigenvalue weighted by Crippen LogP contribution is 2.31. The molecular formula is C18H27N5O2. The first-order valence-electron chi connectivity index (χ1n) is 8.90. The summed E-state index contributed by atoms with van der Waals surface area (Å²) in [5.74, 6) is 1.44. The van der Waals surface area contributed by atoms with Gasteiger partial charge in [-0.15, -0.1) is 6.58 Å². The number of allylic oxidation sites excluding steroid dienone is 1. The summed E-state index contributed by atoms with van der Waals surface area (Å²) >= 11 is 0. The van der Waals surface area contributed by atoms with Crippen molar-refractivity contribution in [3.63, 3.8) is 0 Å². The molecule has 0 aromatic carbocycles. The van der Waals surface area contributed by atoms with Gasteiger partial charge in [0.15, 0.2) is 5.82 Å². The van der Waals surface area contributed by atoms with Crippen molar-refractivity contribution in [1.82, 2.24) is 24.8 Å². The Bertz CT molecular complexity index is 693. The highest BCUT2D eigenvalue weighted by atomic mass is 16.5. The molecule has 1 unspecified atom stereocenters. The molecule has 136 valence electrons. The van der Waals surface area contributed by atoms with Crippen LogP contribution in [0.25, 0.3) is 0 Å². The van der Waals surface area contributed by atoms with Crippen LogP contribution in [0.3, 0.4) is 0 Å². The van der Waals surface area contributed by atoms with Crippen molar-refractivity contribution in [2.45, 2.75) is 51.7 Å². The van der Waals surface area contributed by atoms with Gasteiger partial charge >= 0.3 is 0 Å². The number of aryl methyl sites for hydroxylation is 1. The monoisotopic (exact) mass is 345 g/mol. The van der Waals surface area contributed by atoms with Crippen LogP contribution in [0.5, 0.6) is 0 Å². The van der Waals surface area contributed by atoms with E-state index in [-0.39, 0.29) is 6.04 Å². The zero-order valence-corrected chi connectivity index (χ0v) is 15.1. The largest absolute Gasteiger partial charge is 0.384 e. The van der Waals surface area contributed by atoms with Gasteiger partial charge in [0.25, 0.3) is 0 Å². The second-order valence-electron chi connectivity index (χ2n) is 6.52. The Hall–Kier alpha value is -1.99. The molecule has 0 saturated carbocycles. The third kappa shape index (κ3) is 4.35. The van der Waals surface area contributed by atoms with E-state index in [4.69, 9.17) is 9.26 Å². The predicted molar refractivity (Wildman–Crippen MR) is 94.0 cm³/mol. The van der Waals surface area contributed by atoms with Gasteiger partial charge in [-0.05, 0) is 26.3 Å². The molecule has 0 N–H and O–H groups in total. The van der Waals surface area contributed by atoms with Gasteiger partial charge < -0.3 is 9.26 Å². The number of hydrogen-bond acceptors (Lipinski definition) is 6. The van der Waals surface area contributed by atoms with Gasteiger partial charge in [0, 0.05) is 31.8 Å². The lowest BCUT2D eigenvalue weighted by Gasteiger charge is -2.33. The first kappa shape index (κ1) is 17.8. The van der Waals surface area contributed by atoms with E-state index in [1.165, 1.54) is 18.4 Å². The minimum atomic E-state index is 0.180. The zero-order valence-electron chi connectivity index (χ0n) is 15.1. The molecule has 1 aliphatic rings. The first-order chi connectivity index (χ1) is 12.2. The Morgan fingerprint density at radius 3 is 3.12 bits per heavy atom. The topological polar surface area (TPSA) is 69.2 Å². The lowest BCUT2D eigenvalue weighted by Crippen LogP contribution is -2.33. The first-order valence-corrected chi connectivity index (χ1v) is 8.90. The molecule has 25 heavy (non-hydrogen) atoms. The molecule has 1 atom stereocenters. The Kier molecular flexibility index (Phi) is 5.99. The molecule has 7 nitrogen and oxygen atoms in total. The van der Waals surface area contributed by atoms with Gasteiger partial charge in [0.1, 0.15) is 0 Å². The molecule has 1 fully saturated rings. The summed E-state index contributed by atoms with van der Waals surface area (Å²) in [5, 5.41) is 8.65. The molecule has 0 spiro atoms. The van der Waals surface area contributed by atoms with Crippen LogP contribution in [0.15, 0.2) is 23.4 Å². The van der Waals surface area contributed by atoms with Gasteiger partial charge in [0.2, 0.25) is 5.89 Å². The molecule has 3 heterocycles. The van der Waals surface area contributed by atoms with Crippen molar-refractivity contribution in [2.24, 2.45) is 0 Å². The molecule has 2 aromatic heterocycles. The predicted octanol–water partition coefficient (Wildman–Crippen LogP) is 2.68. The van der Waals surface area contributed by atoms with Crippen molar-refractivity contribution < 1.29 is 9.26 Å². The second-order valence-corrected chi connectivity index (χ2v) is 6.52. The number of hydrogen-bond donors (Lipinski definition) is 0. The highest BCUT2D eigenvalue weighted by molar-refractivity contribution is 5.16. The van der Waals surface area contributed by atoms with Gasteiger partial charge in [-0.2, -0.15) is 10.1 Å². The van der Waals surface area contributed by atoms with Crippen LogP contribution >= 0.6 is 0 Å². The third-order valence-corrected chi connectivity index (χ3v) is 4.65. The fourth-order valence-corrected chi connectivity index (χ4v) is 3.32. The highest BCUT2D eigenvalue weighted by Gasteiger charge is 2.29. The Labute approximate surface area is 148 Å². The standard InChI is InChI=1S/C18H27N5O2/c1-4-9-23-13-15(14(2)20-23)12-22-10-6-5-7-16(22)18-19-17(21-25-18)8-11-24-3/h4,13,16H,1,5-12H2,2-3H3. The SMILES string of the molecule is C=CCn1cc(CN2CCCCC2c2nc(CCOC)no2)c(C)n1. The summed E-state index contributed by atoms with van der Waals surface area (Å²) in [7, 11) is 1.68. The van der Waals surface area contributed by atoms with Crippen LogP contribution in [-0.2, 0) is 24.2 Å². The van der Waals surface area contributed by atoms with Crippen LogP contribution < -0.4 is 0 Å². The molecule has 1 saturated heterocycles. The number of methoxy groups -OCH3 is 1. The molecule has 3 rings (SSSR count). The van der Waals surface area contributed by atoms with Crippen LogP contribution in [0.1, 0.15) is 48.3 Å². The zero-order chi connectivity index (χ0) is 17.6. The van der Waals surface area contributed by atoms with Crippen molar-refractivity contribution >= 4 is 0 Å². The van der Waals surface area contributed by atoms with Crippen molar-refractivity contribution in [2.75, 3.05) is 20.3 Å². The number of likely N-dealkylation sites (tertiary alicyclic amines) is 1. The number of rotatable bonds is 8. The molecule has 0 aliphatic carbocycles. The van der Waals surface area contributed by atoms with Crippen molar-refractivity contribution in [1.29, 1.82) is 0 Å². The van der Waals surface area contributed by atoms with Crippen molar-refractivity contribution in [3.8, 4) is 0 Å². The van der Waals surface area contributed by atoms with Crippen LogP contribution in [0.4, 0.5) is 0 Å². The van der Waals surface area contributed by atoms with E-state index < -0.39 is 0 Å². The van der Waals surface area contributed by atoms with Crippen LogP contribution in [0, 0.1) is 6.92 Å². The fraction of sp³-hybridized carbons (Fsp3) is 0.611. The summed E-state index contributed by atoms with van der Waals surface area (Å²) < 4.78 is 12.6.